The van der Waals surface area contributed by atoms with E-state index >= 15 is 0 Å². The Morgan fingerprint density at radius 1 is 1.24 bits per heavy atom. The predicted molar refractivity (Wildman–Crippen MR) is 111 cm³/mol. The van der Waals surface area contributed by atoms with Gasteiger partial charge in [0, 0.05) is 17.3 Å². The molecule has 0 bridgehead atoms. The van der Waals surface area contributed by atoms with Gasteiger partial charge in [0.25, 0.3) is 11.8 Å². The quantitative estimate of drug-likeness (QED) is 0.419. The van der Waals surface area contributed by atoms with Crippen molar-refractivity contribution in [3.05, 3.63) is 68.0 Å². The highest BCUT2D eigenvalue weighted by molar-refractivity contribution is 9.10. The van der Waals surface area contributed by atoms with E-state index in [1.54, 1.807) is 31.3 Å². The van der Waals surface area contributed by atoms with Crippen molar-refractivity contribution in [1.29, 1.82) is 5.26 Å². The topological polar surface area (TPSA) is 113 Å². The molecule has 3 aromatic rings. The standard InChI is InChI=1S/C18H11BrCl2N6O2/c1-9-5-10(20)6-11(17(28)24-8-22)15(9)25-18(29)13-7-14(19)26-27(13)16-12(21)3-2-4-23-16/h2-7H,1H3,(H,24,28)(H,25,29). The summed E-state index contributed by atoms with van der Waals surface area (Å²) < 4.78 is 1.67. The van der Waals surface area contributed by atoms with Gasteiger partial charge < -0.3 is 5.32 Å². The van der Waals surface area contributed by atoms with Gasteiger partial charge in [-0.25, -0.2) is 9.67 Å². The lowest BCUT2D eigenvalue weighted by atomic mass is 10.1. The maximum Gasteiger partial charge on any atom is 0.274 e. The van der Waals surface area contributed by atoms with Crippen LogP contribution < -0.4 is 10.6 Å². The normalized spacial score (nSPS) is 10.3. The molecule has 0 atom stereocenters. The van der Waals surface area contributed by atoms with Crippen molar-refractivity contribution in [3.63, 3.8) is 0 Å². The van der Waals surface area contributed by atoms with Crippen molar-refractivity contribution >= 4 is 56.6 Å². The minimum Gasteiger partial charge on any atom is -0.320 e. The highest BCUT2D eigenvalue weighted by Crippen LogP contribution is 2.27. The smallest absolute Gasteiger partial charge is 0.274 e. The number of benzene rings is 1. The van der Waals surface area contributed by atoms with Crippen molar-refractivity contribution < 1.29 is 9.59 Å². The Hall–Kier alpha value is -2.93. The minimum absolute atomic E-state index is 0.0471. The Bertz CT molecular complexity index is 1170. The van der Waals surface area contributed by atoms with Gasteiger partial charge in [-0.1, -0.05) is 23.2 Å². The third kappa shape index (κ3) is 4.40. The molecule has 2 N–H and O–H groups in total. The van der Waals surface area contributed by atoms with E-state index in [0.717, 1.165) is 0 Å². The molecule has 0 unspecified atom stereocenters. The second kappa shape index (κ2) is 8.61. The van der Waals surface area contributed by atoms with Gasteiger partial charge >= 0.3 is 0 Å². The number of carbonyl (C=O) groups is 2. The van der Waals surface area contributed by atoms with E-state index < -0.39 is 11.8 Å². The van der Waals surface area contributed by atoms with Gasteiger partial charge in [0.1, 0.15) is 10.3 Å². The van der Waals surface area contributed by atoms with Crippen molar-refractivity contribution in [2.45, 2.75) is 6.92 Å². The Balaban J connectivity index is 2.04. The predicted octanol–water partition coefficient (Wildman–Crippen LogP) is 4.11. The van der Waals surface area contributed by atoms with Gasteiger partial charge in [0.15, 0.2) is 12.0 Å². The SMILES string of the molecule is Cc1cc(Cl)cc(C(=O)NC#N)c1NC(=O)c1cc(Br)nn1-c1ncccc1Cl. The third-order valence-electron chi connectivity index (χ3n) is 3.80. The number of hydrogen-bond donors (Lipinski definition) is 2. The van der Waals surface area contributed by atoms with E-state index in [4.69, 9.17) is 28.5 Å². The summed E-state index contributed by atoms with van der Waals surface area (Å²) >= 11 is 15.4. The summed E-state index contributed by atoms with van der Waals surface area (Å²) in [6, 6.07) is 7.71. The maximum absolute atomic E-state index is 13.0. The largest absolute Gasteiger partial charge is 0.320 e. The van der Waals surface area contributed by atoms with Crippen molar-refractivity contribution in [2.24, 2.45) is 0 Å². The molecule has 0 aliphatic rings. The fourth-order valence-corrected chi connectivity index (χ4v) is 3.44. The molecule has 0 saturated heterocycles. The molecule has 1 aromatic carbocycles. The van der Waals surface area contributed by atoms with Crippen LogP contribution in [0.25, 0.3) is 5.82 Å². The number of pyridine rings is 1. The number of aryl methyl sites for hydroxylation is 1. The zero-order chi connectivity index (χ0) is 21.1. The average Bonchev–Trinajstić information content (AvgIpc) is 3.05. The van der Waals surface area contributed by atoms with Crippen LogP contribution in [0, 0.1) is 18.4 Å². The molecule has 2 aromatic heterocycles. The van der Waals surface area contributed by atoms with E-state index in [1.165, 1.54) is 23.0 Å². The molecule has 3 rings (SSSR count). The van der Waals surface area contributed by atoms with Gasteiger partial charge in [-0.15, -0.1) is 0 Å². The van der Waals surface area contributed by atoms with Crippen molar-refractivity contribution in [2.75, 3.05) is 5.32 Å². The molecule has 0 spiro atoms. The summed E-state index contributed by atoms with van der Waals surface area (Å²) in [5, 5.41) is 18.2. The number of halogens is 3. The minimum atomic E-state index is -0.698. The molecule has 2 heterocycles. The summed E-state index contributed by atoms with van der Waals surface area (Å²) in [5.74, 6) is -1.00. The molecule has 11 heteroatoms. The third-order valence-corrected chi connectivity index (χ3v) is 4.71. The Labute approximate surface area is 183 Å². The number of anilines is 1. The first-order valence-corrected chi connectivity index (χ1v) is 9.54. The van der Waals surface area contributed by atoms with Gasteiger partial charge in [-0.2, -0.15) is 10.4 Å². The number of aromatic nitrogens is 3. The number of carbonyl (C=O) groups excluding carboxylic acids is 2. The number of nitrogens with zero attached hydrogens (tertiary/aromatic N) is 4. The first kappa shape index (κ1) is 20.8. The van der Waals surface area contributed by atoms with Gasteiger partial charge in [0.05, 0.1) is 16.3 Å². The van der Waals surface area contributed by atoms with E-state index in [0.29, 0.717) is 15.2 Å². The highest BCUT2D eigenvalue weighted by Gasteiger charge is 2.22. The molecule has 8 nitrogen and oxygen atoms in total. The average molecular weight is 494 g/mol. The lowest BCUT2D eigenvalue weighted by molar-refractivity contribution is 0.0973. The highest BCUT2D eigenvalue weighted by atomic mass is 79.9. The fourth-order valence-electron chi connectivity index (χ4n) is 2.59. The summed E-state index contributed by atoms with van der Waals surface area (Å²) in [7, 11) is 0. The molecule has 0 aliphatic heterocycles. The van der Waals surface area contributed by atoms with Crippen LogP contribution in [0.2, 0.25) is 10.0 Å². The maximum atomic E-state index is 13.0. The molecule has 29 heavy (non-hydrogen) atoms. The summed E-state index contributed by atoms with van der Waals surface area (Å²) in [6.07, 6.45) is 3.08. The number of rotatable bonds is 4. The summed E-state index contributed by atoms with van der Waals surface area (Å²) in [4.78, 5) is 29.4. The van der Waals surface area contributed by atoms with Crippen LogP contribution in [0.3, 0.4) is 0 Å². The lowest BCUT2D eigenvalue weighted by Crippen LogP contribution is -2.23. The zero-order valence-electron chi connectivity index (χ0n) is 14.7. The molecular weight excluding hydrogens is 483 g/mol. The van der Waals surface area contributed by atoms with Crippen LogP contribution in [0.1, 0.15) is 26.4 Å². The monoisotopic (exact) mass is 492 g/mol. The number of hydrogen-bond acceptors (Lipinski definition) is 5. The van der Waals surface area contributed by atoms with Gasteiger partial charge in [-0.3, -0.25) is 14.9 Å². The van der Waals surface area contributed by atoms with Crippen LogP contribution in [-0.4, -0.2) is 26.6 Å². The van der Waals surface area contributed by atoms with Crippen LogP contribution >= 0.6 is 39.1 Å². The molecule has 146 valence electrons. The van der Waals surface area contributed by atoms with Crippen LogP contribution in [0.15, 0.2) is 41.1 Å². The van der Waals surface area contributed by atoms with Gasteiger partial charge in [-0.05, 0) is 52.7 Å². The zero-order valence-corrected chi connectivity index (χ0v) is 17.8. The summed E-state index contributed by atoms with van der Waals surface area (Å²) in [6.45, 7) is 1.67. The van der Waals surface area contributed by atoms with E-state index in [-0.39, 0.29) is 27.8 Å². The van der Waals surface area contributed by atoms with Crippen LogP contribution in [0.5, 0.6) is 0 Å². The Morgan fingerprint density at radius 2 is 2.00 bits per heavy atom. The van der Waals surface area contributed by atoms with Crippen LogP contribution in [0.4, 0.5) is 5.69 Å². The molecule has 2 amide bonds. The second-order valence-corrected chi connectivity index (χ2v) is 7.39. The first-order chi connectivity index (χ1) is 13.8. The van der Waals surface area contributed by atoms with Gasteiger partial charge in [0.2, 0.25) is 0 Å². The number of amides is 2. The Kier molecular flexibility index (Phi) is 6.17. The fraction of sp³-hybridized carbons (Fsp3) is 0.0556. The lowest BCUT2D eigenvalue weighted by Gasteiger charge is -2.14. The molecule has 0 saturated carbocycles. The molecule has 0 aliphatic carbocycles. The van der Waals surface area contributed by atoms with E-state index in [2.05, 4.69) is 31.3 Å². The number of nitrogens with one attached hydrogen (secondary N) is 2. The molecule has 0 fully saturated rings. The van der Waals surface area contributed by atoms with E-state index in [1.807, 2.05) is 5.32 Å². The second-order valence-electron chi connectivity index (χ2n) is 5.74. The summed E-state index contributed by atoms with van der Waals surface area (Å²) in [5.41, 5.74) is 0.919. The van der Waals surface area contributed by atoms with Crippen LogP contribution in [-0.2, 0) is 0 Å². The Morgan fingerprint density at radius 3 is 2.69 bits per heavy atom. The number of nitriles is 1. The molecule has 0 radical (unpaired) electrons. The van der Waals surface area contributed by atoms with Crippen molar-refractivity contribution in [1.82, 2.24) is 20.1 Å². The van der Waals surface area contributed by atoms with Crippen molar-refractivity contribution in [3.8, 4) is 12.0 Å². The molecular formula is C18H11BrCl2N6O2. The first-order valence-electron chi connectivity index (χ1n) is 7.99. The van der Waals surface area contributed by atoms with E-state index in [9.17, 15) is 9.59 Å².